The zero-order valence-corrected chi connectivity index (χ0v) is 10.7. The van der Waals surface area contributed by atoms with Crippen molar-refractivity contribution in [1.82, 2.24) is 5.32 Å². The summed E-state index contributed by atoms with van der Waals surface area (Å²) in [6, 6.07) is 8.45. The van der Waals surface area contributed by atoms with Gasteiger partial charge in [0.1, 0.15) is 0 Å². The molecule has 17 heavy (non-hydrogen) atoms. The third kappa shape index (κ3) is 4.14. The summed E-state index contributed by atoms with van der Waals surface area (Å²) < 4.78 is 5.78. The summed E-state index contributed by atoms with van der Waals surface area (Å²) in [5, 5.41) is 3.45. The number of hydrogen-bond donors (Lipinski definition) is 1. The molecule has 1 aliphatic heterocycles. The first-order valence-corrected chi connectivity index (χ1v) is 6.69. The van der Waals surface area contributed by atoms with Crippen LogP contribution < -0.4 is 5.32 Å². The van der Waals surface area contributed by atoms with Crippen molar-refractivity contribution in [3.8, 4) is 0 Å². The van der Waals surface area contributed by atoms with E-state index in [2.05, 4.69) is 36.5 Å². The second kappa shape index (κ2) is 6.77. The van der Waals surface area contributed by atoms with Gasteiger partial charge in [-0.25, -0.2) is 0 Å². The van der Waals surface area contributed by atoms with Crippen molar-refractivity contribution < 1.29 is 4.74 Å². The van der Waals surface area contributed by atoms with Gasteiger partial charge in [0.2, 0.25) is 0 Å². The van der Waals surface area contributed by atoms with Gasteiger partial charge in [-0.3, -0.25) is 0 Å². The highest BCUT2D eigenvalue weighted by Gasteiger charge is 2.12. The lowest BCUT2D eigenvalue weighted by molar-refractivity contribution is 0.103. The van der Waals surface area contributed by atoms with E-state index < -0.39 is 0 Å². The Kier molecular flexibility index (Phi) is 5.02. The predicted octanol–water partition coefficient (Wildman–Crippen LogP) is 2.90. The summed E-state index contributed by atoms with van der Waals surface area (Å²) in [4.78, 5) is 0. The van der Waals surface area contributed by atoms with Crippen molar-refractivity contribution in [2.45, 2.75) is 32.8 Å². The Balaban J connectivity index is 1.64. The van der Waals surface area contributed by atoms with E-state index in [0.717, 1.165) is 19.1 Å². The van der Waals surface area contributed by atoms with Crippen LogP contribution in [0.15, 0.2) is 24.3 Å². The van der Waals surface area contributed by atoms with Gasteiger partial charge >= 0.3 is 0 Å². The molecule has 94 valence electrons. The number of hydrogen-bond acceptors (Lipinski definition) is 2. The van der Waals surface area contributed by atoms with Gasteiger partial charge in [-0.1, -0.05) is 24.3 Å². The summed E-state index contributed by atoms with van der Waals surface area (Å²) >= 11 is 0. The van der Waals surface area contributed by atoms with Crippen LogP contribution in [0.5, 0.6) is 0 Å². The van der Waals surface area contributed by atoms with Gasteiger partial charge in [0, 0.05) is 6.61 Å². The molecular weight excluding hydrogens is 210 g/mol. The number of piperidine rings is 1. The molecule has 1 atom stereocenters. The standard InChI is InChI=1S/C15H23NO/c1-13-5-2-3-7-15(13)12-17-10-8-14-6-4-9-16-11-14/h2-3,5,7,14,16H,4,6,8-12H2,1H3/t14-/m1/s1. The molecule has 1 N–H and O–H groups in total. The number of ether oxygens (including phenoxy) is 1. The lowest BCUT2D eigenvalue weighted by Gasteiger charge is -2.22. The second-order valence-corrected chi connectivity index (χ2v) is 4.98. The van der Waals surface area contributed by atoms with Crippen LogP contribution in [0.3, 0.4) is 0 Å². The molecule has 1 fully saturated rings. The van der Waals surface area contributed by atoms with Gasteiger partial charge in [-0.15, -0.1) is 0 Å². The van der Waals surface area contributed by atoms with Crippen LogP contribution in [0.25, 0.3) is 0 Å². The van der Waals surface area contributed by atoms with E-state index in [1.165, 1.54) is 43.5 Å². The normalized spacial score (nSPS) is 20.4. The summed E-state index contributed by atoms with van der Waals surface area (Å²) in [6.45, 7) is 6.16. The average molecular weight is 233 g/mol. The van der Waals surface area contributed by atoms with Crippen molar-refractivity contribution in [3.63, 3.8) is 0 Å². The van der Waals surface area contributed by atoms with Crippen LogP contribution in [0.1, 0.15) is 30.4 Å². The minimum atomic E-state index is 0.757. The Morgan fingerprint density at radius 1 is 1.35 bits per heavy atom. The van der Waals surface area contributed by atoms with Gasteiger partial charge < -0.3 is 10.1 Å². The molecule has 1 aliphatic rings. The molecule has 2 nitrogen and oxygen atoms in total. The monoisotopic (exact) mass is 233 g/mol. The molecule has 0 spiro atoms. The number of nitrogens with one attached hydrogen (secondary N) is 1. The molecule has 2 heteroatoms. The summed E-state index contributed by atoms with van der Waals surface area (Å²) in [6.07, 6.45) is 3.88. The Hall–Kier alpha value is -0.860. The maximum atomic E-state index is 5.78. The second-order valence-electron chi connectivity index (χ2n) is 4.98. The molecule has 0 bridgehead atoms. The highest BCUT2D eigenvalue weighted by Crippen LogP contribution is 2.14. The first-order valence-electron chi connectivity index (χ1n) is 6.69. The van der Waals surface area contributed by atoms with Gasteiger partial charge in [-0.05, 0) is 56.3 Å². The van der Waals surface area contributed by atoms with E-state index in [1.54, 1.807) is 0 Å². The maximum Gasteiger partial charge on any atom is 0.0719 e. The summed E-state index contributed by atoms with van der Waals surface area (Å²) in [5.41, 5.74) is 2.64. The molecule has 1 aromatic carbocycles. The maximum absolute atomic E-state index is 5.78. The van der Waals surface area contributed by atoms with Crippen molar-refractivity contribution >= 4 is 0 Å². The fourth-order valence-corrected chi connectivity index (χ4v) is 2.37. The number of rotatable bonds is 5. The molecule has 1 heterocycles. The Labute approximate surface area is 104 Å². The zero-order valence-electron chi connectivity index (χ0n) is 10.7. The SMILES string of the molecule is Cc1ccccc1COCC[C@H]1CCCNC1. The van der Waals surface area contributed by atoms with Crippen LogP contribution in [0, 0.1) is 12.8 Å². The fourth-order valence-electron chi connectivity index (χ4n) is 2.37. The molecule has 1 aromatic rings. The van der Waals surface area contributed by atoms with Crippen LogP contribution in [-0.4, -0.2) is 19.7 Å². The van der Waals surface area contributed by atoms with Crippen LogP contribution in [0.2, 0.25) is 0 Å². The minimum Gasteiger partial charge on any atom is -0.377 e. The highest BCUT2D eigenvalue weighted by atomic mass is 16.5. The molecule has 0 unspecified atom stereocenters. The summed E-state index contributed by atoms with van der Waals surface area (Å²) in [5.74, 6) is 0.820. The van der Waals surface area contributed by atoms with E-state index >= 15 is 0 Å². The van der Waals surface area contributed by atoms with Gasteiger partial charge in [0.25, 0.3) is 0 Å². The highest BCUT2D eigenvalue weighted by molar-refractivity contribution is 5.24. The third-order valence-electron chi connectivity index (χ3n) is 3.59. The first kappa shape index (κ1) is 12.6. The molecule has 0 aromatic heterocycles. The molecular formula is C15H23NO. The minimum absolute atomic E-state index is 0.757. The van der Waals surface area contributed by atoms with Crippen molar-refractivity contribution in [2.75, 3.05) is 19.7 Å². The predicted molar refractivity (Wildman–Crippen MR) is 71.0 cm³/mol. The Morgan fingerprint density at radius 3 is 3.00 bits per heavy atom. The molecule has 0 aliphatic carbocycles. The molecule has 2 rings (SSSR count). The van der Waals surface area contributed by atoms with Gasteiger partial charge in [0.05, 0.1) is 6.61 Å². The lowest BCUT2D eigenvalue weighted by Crippen LogP contribution is -2.30. The topological polar surface area (TPSA) is 21.3 Å². The van der Waals surface area contributed by atoms with E-state index in [4.69, 9.17) is 4.74 Å². The molecule has 0 amide bonds. The van der Waals surface area contributed by atoms with Gasteiger partial charge in [-0.2, -0.15) is 0 Å². The van der Waals surface area contributed by atoms with Crippen LogP contribution in [-0.2, 0) is 11.3 Å². The third-order valence-corrected chi connectivity index (χ3v) is 3.59. The van der Waals surface area contributed by atoms with Crippen LogP contribution in [0.4, 0.5) is 0 Å². The largest absolute Gasteiger partial charge is 0.377 e. The van der Waals surface area contributed by atoms with Crippen LogP contribution >= 0.6 is 0 Å². The number of aryl methyl sites for hydroxylation is 1. The van der Waals surface area contributed by atoms with E-state index in [0.29, 0.717) is 0 Å². The van der Waals surface area contributed by atoms with Crippen molar-refractivity contribution in [1.29, 1.82) is 0 Å². The van der Waals surface area contributed by atoms with E-state index in [1.807, 2.05) is 0 Å². The fraction of sp³-hybridized carbons (Fsp3) is 0.600. The van der Waals surface area contributed by atoms with E-state index in [-0.39, 0.29) is 0 Å². The molecule has 0 radical (unpaired) electrons. The zero-order chi connectivity index (χ0) is 11.9. The van der Waals surface area contributed by atoms with E-state index in [9.17, 15) is 0 Å². The van der Waals surface area contributed by atoms with Crippen molar-refractivity contribution in [2.24, 2.45) is 5.92 Å². The lowest BCUT2D eigenvalue weighted by atomic mass is 9.97. The Bertz CT molecular complexity index is 331. The molecule has 1 saturated heterocycles. The average Bonchev–Trinajstić information content (AvgIpc) is 2.38. The summed E-state index contributed by atoms with van der Waals surface area (Å²) in [7, 11) is 0. The molecule has 0 saturated carbocycles. The first-order chi connectivity index (χ1) is 8.36. The number of benzene rings is 1. The van der Waals surface area contributed by atoms with Crippen molar-refractivity contribution in [3.05, 3.63) is 35.4 Å². The quantitative estimate of drug-likeness (QED) is 0.790. The Morgan fingerprint density at radius 2 is 2.24 bits per heavy atom. The van der Waals surface area contributed by atoms with Gasteiger partial charge in [0.15, 0.2) is 0 Å². The smallest absolute Gasteiger partial charge is 0.0719 e.